The van der Waals surface area contributed by atoms with E-state index in [1.165, 1.54) is 6.26 Å². The van der Waals surface area contributed by atoms with E-state index in [1.54, 1.807) is 25.6 Å². The van der Waals surface area contributed by atoms with Gasteiger partial charge < -0.3 is 5.32 Å². The van der Waals surface area contributed by atoms with Crippen LogP contribution in [-0.4, -0.2) is 42.3 Å². The third-order valence-corrected chi connectivity index (χ3v) is 5.52. The van der Waals surface area contributed by atoms with Gasteiger partial charge in [0.2, 0.25) is 0 Å². The van der Waals surface area contributed by atoms with E-state index in [0.717, 1.165) is 5.69 Å². The average Bonchev–Trinajstić information content (AvgIpc) is 2.58. The predicted octanol–water partition coefficient (Wildman–Crippen LogP) is 0.374. The van der Waals surface area contributed by atoms with Gasteiger partial charge in [-0.05, 0) is 27.0 Å². The lowest BCUT2D eigenvalue weighted by atomic mass is 9.98. The summed E-state index contributed by atoms with van der Waals surface area (Å²) >= 11 is 0. The van der Waals surface area contributed by atoms with Crippen molar-refractivity contribution in [1.29, 1.82) is 0 Å². The molecule has 0 radical (unpaired) electrons. The van der Waals surface area contributed by atoms with Gasteiger partial charge in [-0.3, -0.25) is 4.68 Å². The molecule has 0 saturated heterocycles. The maximum atomic E-state index is 11.8. The van der Waals surface area contributed by atoms with E-state index in [9.17, 15) is 8.42 Å². The van der Waals surface area contributed by atoms with E-state index >= 15 is 0 Å². The minimum absolute atomic E-state index is 0.160. The highest BCUT2D eigenvalue weighted by Gasteiger charge is 2.38. The van der Waals surface area contributed by atoms with Crippen LogP contribution in [0.4, 0.5) is 0 Å². The lowest BCUT2D eigenvalue weighted by Gasteiger charge is -2.32. The predicted molar refractivity (Wildman–Crippen MR) is 68.7 cm³/mol. The molecule has 0 spiro atoms. The number of nitrogens with zero attached hydrogens (tertiary/aromatic N) is 2. The molecule has 98 valence electrons. The number of aromatic nitrogens is 2. The van der Waals surface area contributed by atoms with Gasteiger partial charge in [0, 0.05) is 32.0 Å². The molecule has 1 aromatic rings. The minimum atomic E-state index is -3.12. The Morgan fingerprint density at radius 3 is 2.47 bits per heavy atom. The average molecular weight is 259 g/mol. The van der Waals surface area contributed by atoms with Crippen LogP contribution in [-0.2, 0) is 23.3 Å². The van der Waals surface area contributed by atoms with Crippen molar-refractivity contribution < 1.29 is 8.42 Å². The Kier molecular flexibility index (Phi) is 3.99. The van der Waals surface area contributed by atoms with Crippen LogP contribution in [0.2, 0.25) is 0 Å². The van der Waals surface area contributed by atoms with Crippen molar-refractivity contribution in [2.45, 2.75) is 31.1 Å². The number of likely N-dealkylation sites (N-methyl/N-ethyl adjacent to an activating group) is 1. The number of hydrogen-bond donors (Lipinski definition) is 1. The fraction of sp³-hybridized carbons (Fsp3) is 0.727. The smallest absolute Gasteiger partial charge is 0.154 e. The van der Waals surface area contributed by atoms with Crippen molar-refractivity contribution in [1.82, 2.24) is 15.1 Å². The maximum absolute atomic E-state index is 11.8. The van der Waals surface area contributed by atoms with Gasteiger partial charge in [0.1, 0.15) is 0 Å². The molecule has 17 heavy (non-hydrogen) atoms. The van der Waals surface area contributed by atoms with Crippen LogP contribution in [0.3, 0.4) is 0 Å². The summed E-state index contributed by atoms with van der Waals surface area (Å²) in [6.07, 6.45) is 3.72. The van der Waals surface area contributed by atoms with Crippen LogP contribution in [0.1, 0.15) is 19.5 Å². The Hall–Kier alpha value is -0.880. The Morgan fingerprint density at radius 2 is 2.12 bits per heavy atom. The lowest BCUT2D eigenvalue weighted by Crippen LogP contribution is -2.51. The fourth-order valence-electron chi connectivity index (χ4n) is 1.74. The van der Waals surface area contributed by atoms with Crippen LogP contribution >= 0.6 is 0 Å². The van der Waals surface area contributed by atoms with Gasteiger partial charge in [0.05, 0.1) is 10.4 Å². The first-order chi connectivity index (χ1) is 7.68. The first-order valence-corrected chi connectivity index (χ1v) is 7.43. The molecule has 0 aliphatic heterocycles. The molecule has 6 heteroatoms. The molecule has 0 aromatic carbocycles. The standard InChI is InChI=1S/C11H21N3O2S/c1-11(2,17(5,15)16)10(12-3)8-9-6-7-14(4)13-9/h6-7,10,12H,8H2,1-5H3. The van der Waals surface area contributed by atoms with E-state index in [4.69, 9.17) is 0 Å². The van der Waals surface area contributed by atoms with Crippen molar-refractivity contribution in [3.8, 4) is 0 Å². The topological polar surface area (TPSA) is 64.0 Å². The summed E-state index contributed by atoms with van der Waals surface area (Å²) in [6, 6.07) is 1.75. The van der Waals surface area contributed by atoms with Gasteiger partial charge in [-0.1, -0.05) is 0 Å². The van der Waals surface area contributed by atoms with Crippen LogP contribution in [0.25, 0.3) is 0 Å². The van der Waals surface area contributed by atoms with E-state index in [2.05, 4.69) is 10.4 Å². The SMILES string of the molecule is CNC(Cc1ccn(C)n1)C(C)(C)S(C)(=O)=O. The minimum Gasteiger partial charge on any atom is -0.315 e. The van der Waals surface area contributed by atoms with E-state index in [0.29, 0.717) is 6.42 Å². The second kappa shape index (κ2) is 4.78. The number of hydrogen-bond acceptors (Lipinski definition) is 4. The second-order valence-corrected chi connectivity index (χ2v) is 7.50. The van der Waals surface area contributed by atoms with E-state index in [1.807, 2.05) is 19.3 Å². The number of aryl methyl sites for hydroxylation is 1. The summed E-state index contributed by atoms with van der Waals surface area (Å²) in [5.74, 6) is 0. The molecule has 5 nitrogen and oxygen atoms in total. The zero-order chi connectivity index (χ0) is 13.3. The highest BCUT2D eigenvalue weighted by atomic mass is 32.2. The monoisotopic (exact) mass is 259 g/mol. The highest BCUT2D eigenvalue weighted by molar-refractivity contribution is 7.92. The summed E-state index contributed by atoms with van der Waals surface area (Å²) in [7, 11) is 0.501. The third-order valence-electron chi connectivity index (χ3n) is 3.33. The van der Waals surface area contributed by atoms with Crippen molar-refractivity contribution in [2.75, 3.05) is 13.3 Å². The number of nitrogens with one attached hydrogen (secondary N) is 1. The van der Waals surface area contributed by atoms with Gasteiger partial charge in [-0.2, -0.15) is 5.10 Å². The number of sulfone groups is 1. The van der Waals surface area contributed by atoms with Gasteiger partial charge in [-0.15, -0.1) is 0 Å². The molecule has 1 rings (SSSR count). The molecule has 0 amide bonds. The van der Waals surface area contributed by atoms with Gasteiger partial charge in [-0.25, -0.2) is 8.42 Å². The van der Waals surface area contributed by atoms with Crippen LogP contribution in [0, 0.1) is 0 Å². The van der Waals surface area contributed by atoms with Gasteiger partial charge in [0.25, 0.3) is 0 Å². The summed E-state index contributed by atoms with van der Waals surface area (Å²) in [5, 5.41) is 7.35. The molecule has 0 aliphatic rings. The molecular weight excluding hydrogens is 238 g/mol. The van der Waals surface area contributed by atoms with Crippen LogP contribution in [0.5, 0.6) is 0 Å². The Morgan fingerprint density at radius 1 is 1.53 bits per heavy atom. The largest absolute Gasteiger partial charge is 0.315 e. The lowest BCUT2D eigenvalue weighted by molar-refractivity contribution is 0.427. The third kappa shape index (κ3) is 3.07. The molecular formula is C11H21N3O2S. The second-order valence-electron chi connectivity index (χ2n) is 4.90. The summed E-state index contributed by atoms with van der Waals surface area (Å²) < 4.78 is 24.5. The Labute approximate surface area is 103 Å². The Balaban J connectivity index is 2.93. The Bertz CT molecular complexity index is 477. The van der Waals surface area contributed by atoms with Gasteiger partial charge in [0.15, 0.2) is 9.84 Å². The molecule has 1 aromatic heterocycles. The van der Waals surface area contributed by atoms with Crippen molar-refractivity contribution in [3.05, 3.63) is 18.0 Å². The normalized spacial score (nSPS) is 14.9. The van der Waals surface area contributed by atoms with E-state index in [-0.39, 0.29) is 6.04 Å². The molecule has 0 aliphatic carbocycles. The first kappa shape index (κ1) is 14.2. The molecule has 0 saturated carbocycles. The van der Waals surface area contributed by atoms with Crippen molar-refractivity contribution >= 4 is 9.84 Å². The van der Waals surface area contributed by atoms with Crippen LogP contribution < -0.4 is 5.32 Å². The fourth-order valence-corrected chi connectivity index (χ4v) is 2.45. The summed E-state index contributed by atoms with van der Waals surface area (Å²) in [5.41, 5.74) is 0.892. The quantitative estimate of drug-likeness (QED) is 0.830. The maximum Gasteiger partial charge on any atom is 0.154 e. The first-order valence-electron chi connectivity index (χ1n) is 5.54. The molecule has 1 unspecified atom stereocenters. The van der Waals surface area contributed by atoms with Gasteiger partial charge >= 0.3 is 0 Å². The summed E-state index contributed by atoms with van der Waals surface area (Å²) in [6.45, 7) is 3.49. The zero-order valence-electron chi connectivity index (χ0n) is 11.1. The molecule has 0 bridgehead atoms. The molecule has 1 heterocycles. The summed E-state index contributed by atoms with van der Waals surface area (Å²) in [4.78, 5) is 0. The van der Waals surface area contributed by atoms with Crippen LogP contribution in [0.15, 0.2) is 12.3 Å². The van der Waals surface area contributed by atoms with Crippen molar-refractivity contribution in [3.63, 3.8) is 0 Å². The van der Waals surface area contributed by atoms with Crippen molar-refractivity contribution in [2.24, 2.45) is 7.05 Å². The molecule has 0 fully saturated rings. The zero-order valence-corrected chi connectivity index (χ0v) is 11.9. The highest BCUT2D eigenvalue weighted by Crippen LogP contribution is 2.22. The van der Waals surface area contributed by atoms with E-state index < -0.39 is 14.6 Å². The molecule has 1 N–H and O–H groups in total. The molecule has 1 atom stereocenters. The number of rotatable bonds is 5.